The second kappa shape index (κ2) is 9.80. The SMILES string of the molecule is CNS(=O)(=O)Cc1ccc(CNC(=O)/C=C/c2ccc(-c3ccc(F)cc3)s2)cc1. The number of rotatable bonds is 8. The van der Waals surface area contributed by atoms with Crippen LogP contribution in [0.15, 0.2) is 66.7 Å². The number of amides is 1. The summed E-state index contributed by atoms with van der Waals surface area (Å²) in [6, 6.07) is 17.2. The summed E-state index contributed by atoms with van der Waals surface area (Å²) in [5.74, 6) is -0.585. The second-order valence-electron chi connectivity index (χ2n) is 6.54. The van der Waals surface area contributed by atoms with E-state index in [0.717, 1.165) is 20.9 Å². The third-order valence-corrected chi connectivity index (χ3v) is 6.75. The molecule has 2 N–H and O–H groups in total. The molecule has 0 aliphatic rings. The van der Waals surface area contributed by atoms with Crippen molar-refractivity contribution in [2.24, 2.45) is 0 Å². The summed E-state index contributed by atoms with van der Waals surface area (Å²) >= 11 is 1.51. The molecule has 30 heavy (non-hydrogen) atoms. The Balaban J connectivity index is 1.52. The zero-order valence-corrected chi connectivity index (χ0v) is 17.9. The summed E-state index contributed by atoms with van der Waals surface area (Å²) in [7, 11) is -1.93. The molecule has 0 atom stereocenters. The predicted octanol–water partition coefficient (Wildman–Crippen LogP) is 3.93. The third-order valence-electron chi connectivity index (χ3n) is 4.31. The predicted molar refractivity (Wildman–Crippen MR) is 119 cm³/mol. The van der Waals surface area contributed by atoms with E-state index in [-0.39, 0.29) is 17.5 Å². The smallest absolute Gasteiger partial charge is 0.244 e. The van der Waals surface area contributed by atoms with Gasteiger partial charge in [-0.05, 0) is 54.1 Å². The highest BCUT2D eigenvalue weighted by atomic mass is 32.2. The van der Waals surface area contributed by atoms with E-state index in [1.165, 1.54) is 36.6 Å². The molecule has 0 radical (unpaired) electrons. The van der Waals surface area contributed by atoms with Gasteiger partial charge in [-0.2, -0.15) is 0 Å². The summed E-state index contributed by atoms with van der Waals surface area (Å²) in [6.45, 7) is 0.341. The van der Waals surface area contributed by atoms with Crippen molar-refractivity contribution >= 4 is 33.3 Å². The molecule has 8 heteroatoms. The van der Waals surface area contributed by atoms with Crippen molar-refractivity contribution in [1.82, 2.24) is 10.0 Å². The van der Waals surface area contributed by atoms with Gasteiger partial charge in [-0.15, -0.1) is 11.3 Å². The lowest BCUT2D eigenvalue weighted by atomic mass is 10.1. The zero-order chi connectivity index (χ0) is 21.6. The van der Waals surface area contributed by atoms with Crippen molar-refractivity contribution in [3.8, 4) is 10.4 Å². The Kier molecular flexibility index (Phi) is 7.15. The average Bonchev–Trinajstić information content (AvgIpc) is 3.21. The fourth-order valence-electron chi connectivity index (χ4n) is 2.66. The molecule has 1 heterocycles. The van der Waals surface area contributed by atoms with Gasteiger partial charge in [0.1, 0.15) is 5.82 Å². The highest BCUT2D eigenvalue weighted by Gasteiger charge is 2.08. The average molecular weight is 445 g/mol. The molecule has 1 amide bonds. The molecular formula is C22H21FN2O3S2. The van der Waals surface area contributed by atoms with Crippen molar-refractivity contribution in [1.29, 1.82) is 0 Å². The fourth-order valence-corrected chi connectivity index (χ4v) is 4.35. The molecule has 156 valence electrons. The van der Waals surface area contributed by atoms with Crippen LogP contribution in [-0.2, 0) is 27.1 Å². The number of carbonyl (C=O) groups is 1. The highest BCUT2D eigenvalue weighted by Crippen LogP contribution is 2.28. The molecule has 1 aromatic heterocycles. The second-order valence-corrected chi connectivity index (χ2v) is 9.58. The lowest BCUT2D eigenvalue weighted by Gasteiger charge is -2.05. The maximum Gasteiger partial charge on any atom is 0.244 e. The van der Waals surface area contributed by atoms with Gasteiger partial charge in [0, 0.05) is 22.4 Å². The first kappa shape index (κ1) is 21.9. The van der Waals surface area contributed by atoms with E-state index in [0.29, 0.717) is 12.1 Å². The number of sulfonamides is 1. The van der Waals surface area contributed by atoms with Crippen LogP contribution in [0.4, 0.5) is 4.39 Å². The van der Waals surface area contributed by atoms with Gasteiger partial charge in [0.15, 0.2) is 0 Å². The molecule has 2 aromatic carbocycles. The normalized spacial score (nSPS) is 11.7. The Morgan fingerprint density at radius 2 is 1.67 bits per heavy atom. The molecule has 3 aromatic rings. The van der Waals surface area contributed by atoms with Gasteiger partial charge in [0.25, 0.3) is 0 Å². The van der Waals surface area contributed by atoms with Gasteiger partial charge in [-0.3, -0.25) is 4.79 Å². The summed E-state index contributed by atoms with van der Waals surface area (Å²) in [4.78, 5) is 14.0. The monoisotopic (exact) mass is 444 g/mol. The first-order valence-corrected chi connectivity index (χ1v) is 11.6. The Morgan fingerprint density at radius 3 is 2.33 bits per heavy atom. The van der Waals surface area contributed by atoms with Crippen LogP contribution in [0, 0.1) is 5.82 Å². The van der Waals surface area contributed by atoms with E-state index < -0.39 is 10.0 Å². The number of carbonyl (C=O) groups excluding carboxylic acids is 1. The molecule has 0 aliphatic carbocycles. The molecule has 0 saturated heterocycles. The number of hydrogen-bond donors (Lipinski definition) is 2. The number of nitrogens with one attached hydrogen (secondary N) is 2. The summed E-state index contributed by atoms with van der Waals surface area (Å²) in [5.41, 5.74) is 2.47. The van der Waals surface area contributed by atoms with Crippen LogP contribution in [-0.4, -0.2) is 21.4 Å². The lowest BCUT2D eigenvalue weighted by Crippen LogP contribution is -2.21. The van der Waals surface area contributed by atoms with E-state index in [1.807, 2.05) is 12.1 Å². The molecule has 0 fully saturated rings. The number of halogens is 1. The van der Waals surface area contributed by atoms with Gasteiger partial charge in [0.05, 0.1) is 5.75 Å². The molecule has 0 unspecified atom stereocenters. The van der Waals surface area contributed by atoms with Gasteiger partial charge in [-0.25, -0.2) is 17.5 Å². The number of benzene rings is 2. The third kappa shape index (κ3) is 6.35. The Bertz CT molecular complexity index is 1140. The number of thiophene rings is 1. The number of hydrogen-bond acceptors (Lipinski definition) is 4. The van der Waals surface area contributed by atoms with Crippen LogP contribution in [0.3, 0.4) is 0 Å². The Hall–Kier alpha value is -2.81. The summed E-state index contributed by atoms with van der Waals surface area (Å²) in [5, 5.41) is 2.80. The van der Waals surface area contributed by atoms with Crippen LogP contribution >= 0.6 is 11.3 Å². The van der Waals surface area contributed by atoms with Gasteiger partial charge in [0.2, 0.25) is 15.9 Å². The standard InChI is InChI=1S/C22H21FN2O3S2/c1-24-30(27,28)15-17-4-2-16(3-5-17)14-25-22(26)13-11-20-10-12-21(29-20)18-6-8-19(23)9-7-18/h2-13,24H,14-15H2,1H3,(H,25,26)/b13-11+. The summed E-state index contributed by atoms with van der Waals surface area (Å²) < 4.78 is 38.4. The maximum absolute atomic E-state index is 13.0. The topological polar surface area (TPSA) is 75.3 Å². The van der Waals surface area contributed by atoms with E-state index >= 15 is 0 Å². The van der Waals surface area contributed by atoms with Crippen molar-refractivity contribution in [2.45, 2.75) is 12.3 Å². The molecule has 0 bridgehead atoms. The minimum atomic E-state index is -3.31. The van der Waals surface area contributed by atoms with E-state index in [2.05, 4.69) is 10.0 Å². The van der Waals surface area contributed by atoms with Crippen LogP contribution in [0.25, 0.3) is 16.5 Å². The van der Waals surface area contributed by atoms with Crippen LogP contribution in [0.5, 0.6) is 0 Å². The molecule has 5 nitrogen and oxygen atoms in total. The van der Waals surface area contributed by atoms with Crippen molar-refractivity contribution < 1.29 is 17.6 Å². The van der Waals surface area contributed by atoms with Crippen LogP contribution in [0.1, 0.15) is 16.0 Å². The largest absolute Gasteiger partial charge is 0.348 e. The van der Waals surface area contributed by atoms with Crippen molar-refractivity contribution in [2.75, 3.05) is 7.05 Å². The van der Waals surface area contributed by atoms with Crippen molar-refractivity contribution in [3.05, 3.63) is 88.6 Å². The minimum absolute atomic E-state index is 0.0837. The van der Waals surface area contributed by atoms with Gasteiger partial charge >= 0.3 is 0 Å². The van der Waals surface area contributed by atoms with E-state index in [4.69, 9.17) is 0 Å². The Morgan fingerprint density at radius 1 is 1.00 bits per heavy atom. The minimum Gasteiger partial charge on any atom is -0.348 e. The fraction of sp³-hybridized carbons (Fsp3) is 0.136. The highest BCUT2D eigenvalue weighted by molar-refractivity contribution is 7.88. The molecular weight excluding hydrogens is 423 g/mol. The van der Waals surface area contributed by atoms with E-state index in [1.54, 1.807) is 42.5 Å². The molecule has 3 rings (SSSR count). The van der Waals surface area contributed by atoms with E-state index in [9.17, 15) is 17.6 Å². The van der Waals surface area contributed by atoms with Crippen molar-refractivity contribution in [3.63, 3.8) is 0 Å². The van der Waals surface area contributed by atoms with Gasteiger partial charge < -0.3 is 5.32 Å². The lowest BCUT2D eigenvalue weighted by molar-refractivity contribution is -0.116. The first-order valence-electron chi connectivity index (χ1n) is 9.15. The Labute approximate surface area is 179 Å². The van der Waals surface area contributed by atoms with Crippen LogP contribution < -0.4 is 10.0 Å². The molecule has 0 aliphatic heterocycles. The summed E-state index contributed by atoms with van der Waals surface area (Å²) in [6.07, 6.45) is 3.20. The van der Waals surface area contributed by atoms with Crippen LogP contribution in [0.2, 0.25) is 0 Å². The first-order chi connectivity index (χ1) is 14.3. The zero-order valence-electron chi connectivity index (χ0n) is 16.3. The maximum atomic E-state index is 13.0. The quantitative estimate of drug-likeness (QED) is 0.517. The molecule has 0 spiro atoms. The molecule has 0 saturated carbocycles. The van der Waals surface area contributed by atoms with Gasteiger partial charge in [-0.1, -0.05) is 36.4 Å².